The van der Waals surface area contributed by atoms with Crippen LogP contribution in [0.1, 0.15) is 11.6 Å². The largest absolute Gasteiger partial charge is 0.396 e. The third kappa shape index (κ3) is 2.64. The summed E-state index contributed by atoms with van der Waals surface area (Å²) in [6.45, 7) is 0.355. The van der Waals surface area contributed by atoms with Crippen LogP contribution in [0.2, 0.25) is 5.02 Å². The Labute approximate surface area is 90.1 Å². The number of aromatic nitrogens is 1. The van der Waals surface area contributed by atoms with Crippen molar-refractivity contribution in [3.8, 4) is 0 Å². The smallest absolute Gasteiger partial charge is 0.0613 e. The summed E-state index contributed by atoms with van der Waals surface area (Å²) in [5, 5.41) is 9.56. The highest BCUT2D eigenvalue weighted by molar-refractivity contribution is 9.10. The van der Waals surface area contributed by atoms with Crippen molar-refractivity contribution in [2.24, 2.45) is 5.73 Å². The van der Waals surface area contributed by atoms with E-state index in [1.807, 2.05) is 0 Å². The lowest BCUT2D eigenvalue weighted by Crippen LogP contribution is -2.17. The molecule has 72 valence electrons. The van der Waals surface area contributed by atoms with E-state index >= 15 is 0 Å². The van der Waals surface area contributed by atoms with Crippen molar-refractivity contribution in [1.82, 2.24) is 4.98 Å². The first kappa shape index (κ1) is 10.9. The van der Waals surface area contributed by atoms with Crippen LogP contribution in [0.25, 0.3) is 0 Å². The van der Waals surface area contributed by atoms with Crippen molar-refractivity contribution >= 4 is 27.5 Å². The molecule has 0 aromatic carbocycles. The van der Waals surface area contributed by atoms with Gasteiger partial charge in [0.25, 0.3) is 0 Å². The highest BCUT2D eigenvalue weighted by atomic mass is 79.9. The molecule has 13 heavy (non-hydrogen) atoms. The molecule has 3 N–H and O–H groups in total. The Bertz CT molecular complexity index is 291. The Morgan fingerprint density at radius 2 is 2.38 bits per heavy atom. The van der Waals surface area contributed by atoms with Gasteiger partial charge in [-0.15, -0.1) is 0 Å². The van der Waals surface area contributed by atoms with Crippen LogP contribution in [0.5, 0.6) is 0 Å². The van der Waals surface area contributed by atoms with Crippen molar-refractivity contribution in [2.45, 2.75) is 5.92 Å². The zero-order chi connectivity index (χ0) is 9.84. The number of aliphatic hydroxyl groups excluding tert-OH is 1. The molecule has 1 heterocycles. The Kier molecular flexibility index (Phi) is 4.12. The van der Waals surface area contributed by atoms with Gasteiger partial charge in [-0.05, 0) is 22.0 Å². The average Bonchev–Trinajstić information content (AvgIpc) is 2.10. The summed E-state index contributed by atoms with van der Waals surface area (Å²) in [5.74, 6) is -0.133. The predicted octanol–water partition coefficient (Wildman–Crippen LogP) is 1.53. The molecule has 3 nitrogen and oxygen atoms in total. The summed E-state index contributed by atoms with van der Waals surface area (Å²) in [7, 11) is 0. The van der Waals surface area contributed by atoms with Gasteiger partial charge in [-0.1, -0.05) is 11.6 Å². The molecule has 1 unspecified atom stereocenters. The van der Waals surface area contributed by atoms with E-state index in [9.17, 15) is 0 Å². The molecule has 0 spiro atoms. The predicted molar refractivity (Wildman–Crippen MR) is 55.8 cm³/mol. The topological polar surface area (TPSA) is 59.1 Å². The number of nitrogens with zero attached hydrogens (tertiary/aromatic N) is 1. The molecule has 0 aliphatic heterocycles. The number of halogens is 2. The van der Waals surface area contributed by atoms with Crippen molar-refractivity contribution in [3.05, 3.63) is 27.5 Å². The SMILES string of the molecule is NCC(CO)c1ncc(Cl)cc1Br. The minimum absolute atomic E-state index is 0.0102. The first-order chi connectivity index (χ1) is 6.19. The van der Waals surface area contributed by atoms with E-state index in [-0.39, 0.29) is 12.5 Å². The Balaban J connectivity index is 2.99. The van der Waals surface area contributed by atoms with E-state index in [1.165, 1.54) is 0 Å². The van der Waals surface area contributed by atoms with Crippen LogP contribution in [0, 0.1) is 0 Å². The summed E-state index contributed by atoms with van der Waals surface area (Å²) >= 11 is 9.04. The molecule has 0 saturated carbocycles. The lowest BCUT2D eigenvalue weighted by molar-refractivity contribution is 0.265. The Morgan fingerprint density at radius 1 is 1.69 bits per heavy atom. The second-order valence-electron chi connectivity index (χ2n) is 2.64. The van der Waals surface area contributed by atoms with Gasteiger partial charge in [0.15, 0.2) is 0 Å². The highest BCUT2D eigenvalue weighted by Gasteiger charge is 2.13. The first-order valence-electron chi connectivity index (χ1n) is 3.81. The second kappa shape index (κ2) is 4.91. The minimum atomic E-state index is -0.133. The van der Waals surface area contributed by atoms with Crippen molar-refractivity contribution in [3.63, 3.8) is 0 Å². The number of aliphatic hydroxyl groups is 1. The number of hydrogen-bond donors (Lipinski definition) is 2. The summed E-state index contributed by atoms with van der Waals surface area (Å²) in [6, 6.07) is 1.74. The summed E-state index contributed by atoms with van der Waals surface area (Å²) in [5.41, 5.74) is 6.21. The van der Waals surface area contributed by atoms with Gasteiger partial charge in [-0.25, -0.2) is 0 Å². The van der Waals surface area contributed by atoms with E-state index in [1.54, 1.807) is 12.3 Å². The van der Waals surface area contributed by atoms with Crippen LogP contribution in [-0.2, 0) is 0 Å². The van der Waals surface area contributed by atoms with E-state index in [0.29, 0.717) is 11.6 Å². The molecular formula is C8H10BrClN2O. The molecule has 0 bridgehead atoms. The molecule has 0 aliphatic carbocycles. The third-order valence-electron chi connectivity index (χ3n) is 1.73. The number of pyridine rings is 1. The van der Waals surface area contributed by atoms with E-state index in [0.717, 1.165) is 10.2 Å². The van der Waals surface area contributed by atoms with Gasteiger partial charge in [0.2, 0.25) is 0 Å². The number of nitrogens with two attached hydrogens (primary N) is 1. The normalized spacial score (nSPS) is 12.9. The van der Waals surface area contributed by atoms with Crippen LogP contribution < -0.4 is 5.73 Å². The monoisotopic (exact) mass is 264 g/mol. The van der Waals surface area contributed by atoms with Crippen molar-refractivity contribution in [2.75, 3.05) is 13.2 Å². The molecule has 0 aliphatic rings. The fourth-order valence-electron chi connectivity index (χ4n) is 0.998. The minimum Gasteiger partial charge on any atom is -0.396 e. The maximum absolute atomic E-state index is 9.00. The van der Waals surface area contributed by atoms with Crippen LogP contribution in [0.3, 0.4) is 0 Å². The van der Waals surface area contributed by atoms with Crippen molar-refractivity contribution < 1.29 is 5.11 Å². The summed E-state index contributed by atoms with van der Waals surface area (Å²) in [6.07, 6.45) is 1.54. The lowest BCUT2D eigenvalue weighted by Gasteiger charge is -2.12. The van der Waals surface area contributed by atoms with Gasteiger partial charge in [0, 0.05) is 23.1 Å². The van der Waals surface area contributed by atoms with Crippen LogP contribution in [-0.4, -0.2) is 23.2 Å². The van der Waals surface area contributed by atoms with Crippen molar-refractivity contribution in [1.29, 1.82) is 0 Å². The highest BCUT2D eigenvalue weighted by Crippen LogP contribution is 2.24. The Hall–Kier alpha value is -0.160. The molecule has 0 amide bonds. The van der Waals surface area contributed by atoms with E-state index < -0.39 is 0 Å². The van der Waals surface area contributed by atoms with E-state index in [4.69, 9.17) is 22.4 Å². The maximum Gasteiger partial charge on any atom is 0.0613 e. The molecule has 1 rings (SSSR count). The molecule has 5 heteroatoms. The van der Waals surface area contributed by atoms with Gasteiger partial charge in [0.1, 0.15) is 0 Å². The molecule has 1 aromatic rings. The fraction of sp³-hybridized carbons (Fsp3) is 0.375. The average molecular weight is 266 g/mol. The molecule has 1 aromatic heterocycles. The van der Waals surface area contributed by atoms with Gasteiger partial charge >= 0.3 is 0 Å². The summed E-state index contributed by atoms with van der Waals surface area (Å²) in [4.78, 5) is 4.10. The van der Waals surface area contributed by atoms with Crippen LogP contribution in [0.15, 0.2) is 16.7 Å². The zero-order valence-corrected chi connectivity index (χ0v) is 9.22. The maximum atomic E-state index is 9.00. The third-order valence-corrected chi connectivity index (χ3v) is 2.57. The molecule has 1 atom stereocenters. The second-order valence-corrected chi connectivity index (χ2v) is 3.93. The Morgan fingerprint density at radius 3 is 2.85 bits per heavy atom. The van der Waals surface area contributed by atoms with Gasteiger partial charge in [-0.2, -0.15) is 0 Å². The number of hydrogen-bond acceptors (Lipinski definition) is 3. The van der Waals surface area contributed by atoms with Gasteiger partial charge in [0.05, 0.1) is 17.3 Å². The molecular weight excluding hydrogens is 255 g/mol. The fourth-order valence-corrected chi connectivity index (χ4v) is 1.96. The summed E-state index contributed by atoms with van der Waals surface area (Å²) < 4.78 is 0.782. The number of rotatable bonds is 3. The van der Waals surface area contributed by atoms with Crippen LogP contribution in [0.4, 0.5) is 0 Å². The van der Waals surface area contributed by atoms with Gasteiger partial charge < -0.3 is 10.8 Å². The van der Waals surface area contributed by atoms with E-state index in [2.05, 4.69) is 20.9 Å². The van der Waals surface area contributed by atoms with Gasteiger partial charge in [-0.3, -0.25) is 4.98 Å². The lowest BCUT2D eigenvalue weighted by atomic mass is 10.1. The molecule has 0 radical (unpaired) electrons. The molecule has 0 fully saturated rings. The zero-order valence-electron chi connectivity index (χ0n) is 6.87. The standard InChI is InChI=1S/C8H10BrClN2O/c9-7-1-6(10)3-12-8(7)5(2-11)4-13/h1,3,5,13H,2,4,11H2. The van der Waals surface area contributed by atoms with Crippen LogP contribution >= 0.6 is 27.5 Å². The quantitative estimate of drug-likeness (QED) is 0.871. The molecule has 0 saturated heterocycles. The first-order valence-corrected chi connectivity index (χ1v) is 4.98.